The monoisotopic (exact) mass is 177 g/mol. The summed E-state index contributed by atoms with van der Waals surface area (Å²) in [6.45, 7) is 0. The van der Waals surface area contributed by atoms with Crippen molar-refractivity contribution in [2.75, 3.05) is 5.73 Å². The van der Waals surface area contributed by atoms with Crippen molar-refractivity contribution in [1.82, 2.24) is 10.2 Å². The van der Waals surface area contributed by atoms with Crippen LogP contribution in [-0.2, 0) is 0 Å². The molecular weight excluding hydrogens is 170 g/mol. The maximum atomic E-state index is 5.23. The minimum Gasteiger partial charge on any atom is -0.465 e. The number of nitrogens with two attached hydrogens (primary N) is 1. The summed E-state index contributed by atoms with van der Waals surface area (Å²) in [5, 5.41) is 7.14. The van der Waals surface area contributed by atoms with Gasteiger partial charge in [-0.05, 0) is 18.2 Å². The van der Waals surface area contributed by atoms with Gasteiger partial charge in [0.15, 0.2) is 0 Å². The first-order valence-corrected chi connectivity index (χ1v) is 3.65. The zero-order valence-corrected chi connectivity index (χ0v) is 6.68. The van der Waals surface area contributed by atoms with Crippen molar-refractivity contribution in [1.29, 1.82) is 0 Å². The largest absolute Gasteiger partial charge is 0.465 e. The Kier molecular flexibility index (Phi) is 1.84. The summed E-state index contributed by atoms with van der Waals surface area (Å²) in [4.78, 5) is 0. The molecule has 5 nitrogen and oxygen atoms in total. The first-order valence-electron chi connectivity index (χ1n) is 3.65. The first kappa shape index (κ1) is 7.60. The number of hydrogen-bond donors (Lipinski definition) is 1. The highest BCUT2D eigenvalue weighted by atomic mass is 16.4. The van der Waals surface area contributed by atoms with Crippen LogP contribution >= 0.6 is 0 Å². The molecule has 0 aliphatic rings. The zero-order valence-electron chi connectivity index (χ0n) is 6.68. The number of hydrogen-bond acceptors (Lipinski definition) is 5. The standard InChI is InChI=1S/C8H7N3O2/c9-8-11-10-7(13-8)4-3-6-2-1-5-12-6/h1-5H,(H2,9,11)/b4-3+. The summed E-state index contributed by atoms with van der Waals surface area (Å²) < 4.78 is 9.96. The van der Waals surface area contributed by atoms with Gasteiger partial charge in [0, 0.05) is 6.08 Å². The molecule has 0 saturated heterocycles. The topological polar surface area (TPSA) is 78.1 Å². The smallest absolute Gasteiger partial charge is 0.313 e. The van der Waals surface area contributed by atoms with E-state index in [0.29, 0.717) is 5.89 Å². The Balaban J connectivity index is 2.14. The van der Waals surface area contributed by atoms with Crippen molar-refractivity contribution in [2.45, 2.75) is 0 Å². The van der Waals surface area contributed by atoms with Gasteiger partial charge in [0.1, 0.15) is 5.76 Å². The number of aromatic nitrogens is 2. The maximum absolute atomic E-state index is 5.23. The van der Waals surface area contributed by atoms with Gasteiger partial charge in [0.2, 0.25) is 5.89 Å². The molecule has 0 atom stereocenters. The molecule has 0 aliphatic heterocycles. The third-order valence-electron chi connectivity index (χ3n) is 1.39. The Bertz CT molecular complexity index is 403. The van der Waals surface area contributed by atoms with Gasteiger partial charge in [-0.15, -0.1) is 5.10 Å². The SMILES string of the molecule is Nc1nnc(/C=C/c2ccco2)o1. The van der Waals surface area contributed by atoms with E-state index in [1.54, 1.807) is 24.5 Å². The van der Waals surface area contributed by atoms with E-state index < -0.39 is 0 Å². The van der Waals surface area contributed by atoms with Crippen LogP contribution in [0.5, 0.6) is 0 Å². The van der Waals surface area contributed by atoms with Crippen LogP contribution in [0.15, 0.2) is 27.2 Å². The molecule has 0 aliphatic carbocycles. The van der Waals surface area contributed by atoms with Crippen LogP contribution in [0, 0.1) is 0 Å². The van der Waals surface area contributed by atoms with Crippen LogP contribution in [0.25, 0.3) is 12.2 Å². The maximum Gasteiger partial charge on any atom is 0.313 e. The second-order valence-electron chi connectivity index (χ2n) is 2.33. The average molecular weight is 177 g/mol. The van der Waals surface area contributed by atoms with Crippen LogP contribution in [0.2, 0.25) is 0 Å². The van der Waals surface area contributed by atoms with E-state index in [4.69, 9.17) is 14.6 Å². The van der Waals surface area contributed by atoms with Crippen LogP contribution in [0.1, 0.15) is 11.7 Å². The fraction of sp³-hybridized carbons (Fsp3) is 0. The lowest BCUT2D eigenvalue weighted by atomic mass is 10.4. The van der Waals surface area contributed by atoms with Gasteiger partial charge < -0.3 is 14.6 Å². The molecule has 0 saturated carbocycles. The normalized spacial score (nSPS) is 11.1. The number of furan rings is 1. The molecule has 13 heavy (non-hydrogen) atoms. The summed E-state index contributed by atoms with van der Waals surface area (Å²) in [5.41, 5.74) is 5.23. The second-order valence-corrected chi connectivity index (χ2v) is 2.33. The molecule has 2 aromatic rings. The van der Waals surface area contributed by atoms with Gasteiger partial charge in [-0.2, -0.15) is 0 Å². The molecule has 66 valence electrons. The zero-order chi connectivity index (χ0) is 9.10. The summed E-state index contributed by atoms with van der Waals surface area (Å²) in [6, 6.07) is 3.66. The van der Waals surface area contributed by atoms with E-state index in [-0.39, 0.29) is 6.01 Å². The summed E-state index contributed by atoms with van der Waals surface area (Å²) in [5.74, 6) is 1.07. The Morgan fingerprint density at radius 3 is 2.85 bits per heavy atom. The predicted octanol–water partition coefficient (Wildman–Crippen LogP) is 1.42. The fourth-order valence-electron chi connectivity index (χ4n) is 0.853. The second kappa shape index (κ2) is 3.14. The third-order valence-corrected chi connectivity index (χ3v) is 1.39. The number of rotatable bonds is 2. The summed E-state index contributed by atoms with van der Waals surface area (Å²) in [6.07, 6.45) is 4.93. The Morgan fingerprint density at radius 2 is 2.23 bits per heavy atom. The van der Waals surface area contributed by atoms with Crippen LogP contribution in [-0.4, -0.2) is 10.2 Å². The molecule has 2 N–H and O–H groups in total. The van der Waals surface area contributed by atoms with E-state index >= 15 is 0 Å². The van der Waals surface area contributed by atoms with Crippen LogP contribution in [0.4, 0.5) is 6.01 Å². The van der Waals surface area contributed by atoms with Crippen molar-refractivity contribution in [2.24, 2.45) is 0 Å². The van der Waals surface area contributed by atoms with E-state index in [9.17, 15) is 0 Å². The highest BCUT2D eigenvalue weighted by Crippen LogP contribution is 2.07. The Labute approximate surface area is 73.9 Å². The molecular formula is C8H7N3O2. The number of nitrogens with zero attached hydrogens (tertiary/aromatic N) is 2. The molecule has 5 heteroatoms. The molecule has 2 aromatic heterocycles. The van der Waals surface area contributed by atoms with Gasteiger partial charge in [0.25, 0.3) is 0 Å². The van der Waals surface area contributed by atoms with Crippen molar-refractivity contribution in [3.05, 3.63) is 30.0 Å². The van der Waals surface area contributed by atoms with Gasteiger partial charge in [-0.25, -0.2) is 0 Å². The van der Waals surface area contributed by atoms with E-state index in [2.05, 4.69) is 10.2 Å². The first-order chi connectivity index (χ1) is 6.34. The predicted molar refractivity (Wildman–Crippen MR) is 46.3 cm³/mol. The van der Waals surface area contributed by atoms with Crippen molar-refractivity contribution < 1.29 is 8.83 Å². The Hall–Kier alpha value is -2.04. The Morgan fingerprint density at radius 1 is 1.31 bits per heavy atom. The van der Waals surface area contributed by atoms with E-state index in [1.807, 2.05) is 6.07 Å². The average Bonchev–Trinajstić information content (AvgIpc) is 2.71. The molecule has 0 radical (unpaired) electrons. The van der Waals surface area contributed by atoms with E-state index in [0.717, 1.165) is 5.76 Å². The lowest BCUT2D eigenvalue weighted by Gasteiger charge is -1.81. The number of nitrogen functional groups attached to an aromatic ring is 1. The summed E-state index contributed by atoms with van der Waals surface area (Å²) in [7, 11) is 0. The van der Waals surface area contributed by atoms with Gasteiger partial charge >= 0.3 is 6.01 Å². The quantitative estimate of drug-likeness (QED) is 0.750. The summed E-state index contributed by atoms with van der Waals surface area (Å²) >= 11 is 0. The highest BCUT2D eigenvalue weighted by molar-refractivity contribution is 5.62. The van der Waals surface area contributed by atoms with E-state index in [1.165, 1.54) is 0 Å². The van der Waals surface area contributed by atoms with Gasteiger partial charge in [0.05, 0.1) is 6.26 Å². The van der Waals surface area contributed by atoms with Gasteiger partial charge in [-0.1, -0.05) is 5.10 Å². The van der Waals surface area contributed by atoms with Crippen molar-refractivity contribution in [3.8, 4) is 0 Å². The molecule has 0 bridgehead atoms. The van der Waals surface area contributed by atoms with Crippen molar-refractivity contribution >= 4 is 18.2 Å². The molecule has 2 heterocycles. The molecule has 0 fully saturated rings. The van der Waals surface area contributed by atoms with Gasteiger partial charge in [-0.3, -0.25) is 0 Å². The van der Waals surface area contributed by atoms with Crippen LogP contribution < -0.4 is 5.73 Å². The van der Waals surface area contributed by atoms with Crippen LogP contribution in [0.3, 0.4) is 0 Å². The molecule has 2 rings (SSSR count). The highest BCUT2D eigenvalue weighted by Gasteiger charge is 1.96. The third kappa shape index (κ3) is 1.76. The van der Waals surface area contributed by atoms with Crippen molar-refractivity contribution in [3.63, 3.8) is 0 Å². The molecule has 0 unspecified atom stereocenters. The molecule has 0 spiro atoms. The molecule has 0 amide bonds. The minimum atomic E-state index is 0.0547. The minimum absolute atomic E-state index is 0.0547. The fourth-order valence-corrected chi connectivity index (χ4v) is 0.853. The lowest BCUT2D eigenvalue weighted by Crippen LogP contribution is -1.81. The number of anilines is 1. The lowest BCUT2D eigenvalue weighted by molar-refractivity contribution is 0.554. The molecule has 0 aromatic carbocycles.